The van der Waals surface area contributed by atoms with Gasteiger partial charge in [0.15, 0.2) is 23.1 Å². The zero-order valence-electron chi connectivity index (χ0n) is 16.2. The highest BCUT2D eigenvalue weighted by atomic mass is 32.1. The van der Waals surface area contributed by atoms with Crippen molar-refractivity contribution in [2.45, 2.75) is 20.5 Å². The molecule has 0 fully saturated rings. The van der Waals surface area contributed by atoms with Crippen LogP contribution in [0.15, 0.2) is 67.0 Å². The lowest BCUT2D eigenvalue weighted by atomic mass is 10.1. The normalized spacial score (nSPS) is 11.7. The van der Waals surface area contributed by atoms with E-state index < -0.39 is 5.82 Å². The van der Waals surface area contributed by atoms with Crippen molar-refractivity contribution < 1.29 is 19.2 Å². The first-order chi connectivity index (χ1) is 13.9. The summed E-state index contributed by atoms with van der Waals surface area (Å²) in [4.78, 5) is 0.291. The van der Waals surface area contributed by atoms with E-state index in [1.807, 2.05) is 32.0 Å². The van der Waals surface area contributed by atoms with Crippen molar-refractivity contribution in [1.29, 1.82) is 0 Å². The van der Waals surface area contributed by atoms with Gasteiger partial charge in [-0.05, 0) is 55.8 Å². The van der Waals surface area contributed by atoms with Gasteiger partial charge in [-0.15, -0.1) is 0 Å². The van der Waals surface area contributed by atoms with Gasteiger partial charge in [0.2, 0.25) is 0 Å². The van der Waals surface area contributed by atoms with E-state index >= 15 is 0 Å². The van der Waals surface area contributed by atoms with Gasteiger partial charge in [0.1, 0.15) is 5.82 Å². The highest BCUT2D eigenvalue weighted by molar-refractivity contribution is 7.81. The van der Waals surface area contributed by atoms with Crippen molar-refractivity contribution in [2.24, 2.45) is 0 Å². The largest absolute Gasteiger partial charge is 0.502 e. The van der Waals surface area contributed by atoms with Crippen molar-refractivity contribution >= 4 is 34.3 Å². The number of thiocarbonyl (C=S) groups is 1. The molecule has 6 heteroatoms. The molecule has 3 aromatic rings. The molecule has 0 radical (unpaired) electrons. The topological polar surface area (TPSA) is 56.4 Å². The number of hydrogen-bond acceptors (Lipinski definition) is 3. The van der Waals surface area contributed by atoms with E-state index in [1.54, 1.807) is 29.1 Å². The predicted octanol–water partition coefficient (Wildman–Crippen LogP) is 4.55. The lowest BCUT2D eigenvalue weighted by molar-refractivity contribution is -0.576. The maximum Gasteiger partial charge on any atom is 0.288 e. The smallest absolute Gasteiger partial charge is 0.288 e. The van der Waals surface area contributed by atoms with Crippen LogP contribution >= 0.6 is 12.2 Å². The number of aromatic nitrogens is 1. The Hall–Kier alpha value is -3.09. The summed E-state index contributed by atoms with van der Waals surface area (Å²) in [5.74, 6) is -0.499. The average Bonchev–Trinajstić information content (AvgIpc) is 2.71. The molecule has 148 valence electrons. The molecule has 4 nitrogen and oxygen atoms in total. The third-order valence-electron chi connectivity index (χ3n) is 4.49. The summed E-state index contributed by atoms with van der Waals surface area (Å²) in [6.45, 7) is 3.83. The predicted molar refractivity (Wildman–Crippen MR) is 117 cm³/mol. The van der Waals surface area contributed by atoms with Crippen molar-refractivity contribution in [3.63, 3.8) is 0 Å². The van der Waals surface area contributed by atoms with Crippen LogP contribution in [0.4, 0.5) is 10.1 Å². The van der Waals surface area contributed by atoms with Crippen LogP contribution in [0.3, 0.4) is 0 Å². The van der Waals surface area contributed by atoms with E-state index in [1.165, 1.54) is 24.3 Å². The van der Waals surface area contributed by atoms with E-state index in [0.29, 0.717) is 21.8 Å². The standard InChI is InChI=1S/C23H21FN2O2S/c1-15-5-10-20(16(2)12-15)25-23(29)21(26-11-3-4-17(13-26)14-27)22(28)18-6-8-19(24)9-7-18/h3-13,27H,14H2,1-2H3,(H-,25,28,29)/p+1. The van der Waals surface area contributed by atoms with E-state index in [-0.39, 0.29) is 12.4 Å². The molecule has 0 saturated carbocycles. The van der Waals surface area contributed by atoms with Crippen molar-refractivity contribution in [2.75, 3.05) is 5.32 Å². The lowest BCUT2D eigenvalue weighted by Crippen LogP contribution is -2.39. The molecular weight excluding hydrogens is 387 g/mol. The van der Waals surface area contributed by atoms with E-state index in [4.69, 9.17) is 12.2 Å². The fraction of sp³-hybridized carbons (Fsp3) is 0.130. The first-order valence-corrected chi connectivity index (χ1v) is 9.49. The number of aryl methyl sites for hydroxylation is 2. The molecule has 0 saturated heterocycles. The molecule has 0 aliphatic rings. The molecule has 3 rings (SSSR count). The Morgan fingerprint density at radius 3 is 2.48 bits per heavy atom. The summed E-state index contributed by atoms with van der Waals surface area (Å²) in [5, 5.41) is 23.7. The number of aliphatic hydroxyl groups is 2. The van der Waals surface area contributed by atoms with Crippen LogP contribution in [0.1, 0.15) is 22.3 Å². The third-order valence-corrected chi connectivity index (χ3v) is 4.79. The van der Waals surface area contributed by atoms with Gasteiger partial charge in [-0.2, -0.15) is 4.57 Å². The van der Waals surface area contributed by atoms with Gasteiger partial charge in [0.05, 0.1) is 6.61 Å². The zero-order valence-corrected chi connectivity index (χ0v) is 17.0. The number of benzene rings is 2. The van der Waals surface area contributed by atoms with Crippen LogP contribution in [0, 0.1) is 19.7 Å². The van der Waals surface area contributed by atoms with E-state index in [2.05, 4.69) is 5.32 Å². The number of halogens is 1. The number of nitrogens with zero attached hydrogens (tertiary/aromatic N) is 1. The number of hydrogen-bond donors (Lipinski definition) is 3. The summed E-state index contributed by atoms with van der Waals surface area (Å²) in [7, 11) is 0. The molecule has 0 aliphatic carbocycles. The van der Waals surface area contributed by atoms with Crippen LogP contribution in [0.2, 0.25) is 0 Å². The van der Waals surface area contributed by atoms with Gasteiger partial charge in [0, 0.05) is 22.9 Å². The maximum atomic E-state index is 13.3. The summed E-state index contributed by atoms with van der Waals surface area (Å²) < 4.78 is 15.0. The minimum atomic E-state index is -0.394. The molecule has 0 bridgehead atoms. The second kappa shape index (κ2) is 8.94. The summed E-state index contributed by atoms with van der Waals surface area (Å²) >= 11 is 5.63. The number of aliphatic hydroxyl groups excluding tert-OH is 2. The molecule has 0 aliphatic heterocycles. The van der Waals surface area contributed by atoms with Crippen LogP contribution in [0.5, 0.6) is 0 Å². The Balaban J connectivity index is 2.10. The minimum absolute atomic E-state index is 0.104. The van der Waals surface area contributed by atoms with Gasteiger partial charge in [-0.1, -0.05) is 29.9 Å². The van der Waals surface area contributed by atoms with Crippen LogP contribution in [-0.4, -0.2) is 15.2 Å². The molecule has 0 atom stereocenters. The fourth-order valence-electron chi connectivity index (χ4n) is 2.98. The maximum absolute atomic E-state index is 13.3. The molecule has 2 aromatic carbocycles. The molecule has 1 heterocycles. The Morgan fingerprint density at radius 1 is 1.10 bits per heavy atom. The number of nitrogens with one attached hydrogen (secondary N) is 1. The van der Waals surface area contributed by atoms with Crippen molar-refractivity contribution in [3.8, 4) is 0 Å². The quantitative estimate of drug-likeness (QED) is 0.251. The van der Waals surface area contributed by atoms with Gasteiger partial charge in [-0.25, -0.2) is 4.39 Å². The first kappa shape index (κ1) is 20.6. The highest BCUT2D eigenvalue weighted by Gasteiger charge is 2.24. The Kier molecular flexibility index (Phi) is 6.36. The van der Waals surface area contributed by atoms with Gasteiger partial charge in [0.25, 0.3) is 5.70 Å². The second-order valence-corrected chi connectivity index (χ2v) is 7.16. The van der Waals surface area contributed by atoms with E-state index in [9.17, 15) is 14.6 Å². The van der Waals surface area contributed by atoms with E-state index in [0.717, 1.165) is 16.8 Å². The zero-order chi connectivity index (χ0) is 21.0. The molecule has 0 amide bonds. The van der Waals surface area contributed by atoms with Crippen LogP contribution in [-0.2, 0) is 6.61 Å². The number of rotatable bonds is 5. The summed E-state index contributed by atoms with van der Waals surface area (Å²) in [5.41, 5.74) is 4.38. The van der Waals surface area contributed by atoms with Gasteiger partial charge < -0.3 is 15.5 Å². The molecule has 29 heavy (non-hydrogen) atoms. The highest BCUT2D eigenvalue weighted by Crippen LogP contribution is 2.22. The van der Waals surface area contributed by atoms with Crippen molar-refractivity contribution in [1.82, 2.24) is 0 Å². The van der Waals surface area contributed by atoms with Crippen LogP contribution < -0.4 is 9.88 Å². The summed E-state index contributed by atoms with van der Waals surface area (Å²) in [6, 6.07) is 15.0. The second-order valence-electron chi connectivity index (χ2n) is 6.75. The molecule has 0 unspecified atom stereocenters. The molecule has 1 aromatic heterocycles. The molecular formula is C23H22FN2O2S+. The number of pyridine rings is 1. The summed E-state index contributed by atoms with van der Waals surface area (Å²) in [6.07, 6.45) is 3.41. The molecule has 0 spiro atoms. The molecule has 3 N–H and O–H groups in total. The average molecular weight is 410 g/mol. The minimum Gasteiger partial charge on any atom is -0.502 e. The van der Waals surface area contributed by atoms with Gasteiger partial charge in [-0.3, -0.25) is 0 Å². The number of anilines is 1. The monoisotopic (exact) mass is 409 g/mol. The Bertz CT molecular complexity index is 1080. The third kappa shape index (κ3) is 4.85. The van der Waals surface area contributed by atoms with Crippen LogP contribution in [0.25, 0.3) is 11.5 Å². The Labute approximate surface area is 174 Å². The fourth-order valence-corrected chi connectivity index (χ4v) is 3.30. The lowest BCUT2D eigenvalue weighted by Gasteiger charge is -2.13. The van der Waals surface area contributed by atoms with Crippen molar-refractivity contribution in [3.05, 3.63) is 95.1 Å². The first-order valence-electron chi connectivity index (χ1n) is 9.08. The van der Waals surface area contributed by atoms with Gasteiger partial charge >= 0.3 is 0 Å². The Morgan fingerprint density at radius 2 is 1.83 bits per heavy atom. The SMILES string of the molecule is Cc1ccc(NC(=S)/C(=C(\O)c2ccc(F)cc2)[n+]2cccc(CO)c2)c(C)c1.